The van der Waals surface area contributed by atoms with E-state index in [9.17, 15) is 0 Å². The van der Waals surface area contributed by atoms with Gasteiger partial charge >= 0.3 is 0 Å². The molecule has 1 aromatic heterocycles. The molecule has 1 saturated carbocycles. The van der Waals surface area contributed by atoms with E-state index in [4.69, 9.17) is 15.9 Å². The number of aliphatic imine (C=N–C) groups is 2. The molecule has 1 aliphatic carbocycles. The Bertz CT molecular complexity index is 857. The van der Waals surface area contributed by atoms with Crippen molar-refractivity contribution in [2.45, 2.75) is 58.9 Å². The smallest absolute Gasteiger partial charge is 0.134 e. The molecule has 2 aromatic rings. The van der Waals surface area contributed by atoms with E-state index in [1.54, 1.807) is 6.92 Å². The van der Waals surface area contributed by atoms with Crippen molar-refractivity contribution in [1.29, 1.82) is 0 Å². The van der Waals surface area contributed by atoms with Crippen LogP contribution in [0, 0.1) is 12.8 Å². The van der Waals surface area contributed by atoms with Gasteiger partial charge in [-0.2, -0.15) is 0 Å². The van der Waals surface area contributed by atoms with Gasteiger partial charge in [-0.3, -0.25) is 4.99 Å². The Hall–Kier alpha value is -2.56. The highest BCUT2D eigenvalue weighted by molar-refractivity contribution is 5.81. The van der Waals surface area contributed by atoms with Crippen molar-refractivity contribution in [3.63, 3.8) is 0 Å². The summed E-state index contributed by atoms with van der Waals surface area (Å²) in [5.41, 5.74) is 14.5. The van der Waals surface area contributed by atoms with Crippen LogP contribution in [0.4, 0.5) is 5.69 Å². The highest BCUT2D eigenvalue weighted by Crippen LogP contribution is 2.41. The fourth-order valence-corrected chi connectivity index (χ4v) is 4.09. The number of rotatable bonds is 4. The van der Waals surface area contributed by atoms with Gasteiger partial charge in [0.2, 0.25) is 0 Å². The van der Waals surface area contributed by atoms with Crippen LogP contribution >= 0.6 is 0 Å². The van der Waals surface area contributed by atoms with Gasteiger partial charge in [0.25, 0.3) is 0 Å². The van der Waals surface area contributed by atoms with E-state index in [0.29, 0.717) is 29.5 Å². The maximum absolute atomic E-state index is 6.28. The van der Waals surface area contributed by atoms with Gasteiger partial charge in [0, 0.05) is 11.5 Å². The number of aryl methyl sites for hydroxylation is 1. The van der Waals surface area contributed by atoms with Crippen LogP contribution in [0.15, 0.2) is 44.7 Å². The zero-order valence-electron chi connectivity index (χ0n) is 16.7. The number of hydrogen-bond acceptors (Lipinski definition) is 3. The first-order chi connectivity index (χ1) is 12.8. The van der Waals surface area contributed by atoms with Crippen molar-refractivity contribution >= 4 is 17.4 Å². The maximum Gasteiger partial charge on any atom is 0.134 e. The molecule has 3 rings (SSSR count). The first-order valence-corrected chi connectivity index (χ1v) is 9.65. The van der Waals surface area contributed by atoms with Crippen LogP contribution in [-0.4, -0.2) is 17.7 Å². The topological polar surface area (TPSA) is 89.9 Å². The van der Waals surface area contributed by atoms with Crippen LogP contribution in [0.2, 0.25) is 0 Å². The second-order valence-corrected chi connectivity index (χ2v) is 7.78. The molecular formula is C22H30N4O. The summed E-state index contributed by atoms with van der Waals surface area (Å²) in [7, 11) is 0. The maximum atomic E-state index is 6.28. The lowest BCUT2D eigenvalue weighted by molar-refractivity contribution is 0.269. The van der Waals surface area contributed by atoms with Crippen molar-refractivity contribution in [1.82, 2.24) is 0 Å². The second kappa shape index (κ2) is 7.99. The molecule has 0 radical (unpaired) electrons. The van der Waals surface area contributed by atoms with E-state index in [1.165, 1.54) is 0 Å². The van der Waals surface area contributed by atoms with Gasteiger partial charge in [0.1, 0.15) is 11.5 Å². The zero-order chi connectivity index (χ0) is 19.6. The molecule has 1 heterocycles. The summed E-state index contributed by atoms with van der Waals surface area (Å²) in [6.07, 6.45) is 3.20. The minimum absolute atomic E-state index is 0.344. The molecule has 0 aliphatic heterocycles. The molecule has 5 heteroatoms. The molecule has 144 valence electrons. The molecule has 1 fully saturated rings. The van der Waals surface area contributed by atoms with Gasteiger partial charge in [0.05, 0.1) is 23.4 Å². The summed E-state index contributed by atoms with van der Waals surface area (Å²) in [6.45, 7) is 8.01. The molecule has 1 aromatic carbocycles. The summed E-state index contributed by atoms with van der Waals surface area (Å²) in [6, 6.07) is 10.6. The van der Waals surface area contributed by atoms with Crippen molar-refractivity contribution in [2.24, 2.45) is 27.4 Å². The minimum atomic E-state index is 0.344. The standard InChI is InChI=1S/C22H30N4O/c1-13-11-17(25-15(3)23)5-7-19(13)21-9-10-22(27-21)20-8-6-18(12-14(20)2)26-16(4)24/h5,7,9-11,14,18,20H,6,8,12H2,1-4H3,(H2,23,25)(H2,24,26)/t14?,18-,20?/m0/s1. The van der Waals surface area contributed by atoms with E-state index in [1.807, 2.05) is 19.1 Å². The van der Waals surface area contributed by atoms with Gasteiger partial charge in [-0.05, 0) is 81.8 Å². The molecule has 1 aliphatic rings. The summed E-state index contributed by atoms with van der Waals surface area (Å²) in [5, 5.41) is 0. The largest absolute Gasteiger partial charge is 0.461 e. The summed E-state index contributed by atoms with van der Waals surface area (Å²) in [5.74, 6) is 4.18. The van der Waals surface area contributed by atoms with Crippen LogP contribution in [0.1, 0.15) is 57.3 Å². The van der Waals surface area contributed by atoms with Crippen LogP contribution in [0.5, 0.6) is 0 Å². The third-order valence-corrected chi connectivity index (χ3v) is 5.30. The Morgan fingerprint density at radius 1 is 1.07 bits per heavy atom. The molecule has 4 N–H and O–H groups in total. The van der Waals surface area contributed by atoms with E-state index in [-0.39, 0.29) is 0 Å². The zero-order valence-corrected chi connectivity index (χ0v) is 16.7. The van der Waals surface area contributed by atoms with Crippen LogP contribution in [0.3, 0.4) is 0 Å². The predicted octanol–water partition coefficient (Wildman–Crippen LogP) is 4.91. The number of amidine groups is 2. The van der Waals surface area contributed by atoms with Crippen LogP contribution in [-0.2, 0) is 0 Å². The van der Waals surface area contributed by atoms with Crippen molar-refractivity contribution in [3.05, 3.63) is 41.7 Å². The lowest BCUT2D eigenvalue weighted by Gasteiger charge is -2.31. The second-order valence-electron chi connectivity index (χ2n) is 7.78. The van der Waals surface area contributed by atoms with Gasteiger partial charge in [-0.25, -0.2) is 4.99 Å². The van der Waals surface area contributed by atoms with Crippen molar-refractivity contribution in [3.8, 4) is 11.3 Å². The third kappa shape index (κ3) is 4.59. The number of benzene rings is 1. The number of furan rings is 1. The third-order valence-electron chi connectivity index (χ3n) is 5.30. The Morgan fingerprint density at radius 2 is 1.85 bits per heavy atom. The molecule has 5 nitrogen and oxygen atoms in total. The average Bonchev–Trinajstić information content (AvgIpc) is 3.03. The monoisotopic (exact) mass is 366 g/mol. The molecule has 0 saturated heterocycles. The van der Waals surface area contributed by atoms with Crippen LogP contribution < -0.4 is 11.5 Å². The summed E-state index contributed by atoms with van der Waals surface area (Å²) in [4.78, 5) is 8.87. The van der Waals surface area contributed by atoms with E-state index in [2.05, 4.69) is 42.0 Å². The first kappa shape index (κ1) is 19.2. The fraction of sp³-hybridized carbons (Fsp3) is 0.455. The summed E-state index contributed by atoms with van der Waals surface area (Å²) >= 11 is 0. The Morgan fingerprint density at radius 3 is 2.48 bits per heavy atom. The lowest BCUT2D eigenvalue weighted by Crippen LogP contribution is -2.25. The predicted molar refractivity (Wildman–Crippen MR) is 113 cm³/mol. The molecule has 27 heavy (non-hydrogen) atoms. The molecule has 3 atom stereocenters. The Balaban J connectivity index is 1.77. The van der Waals surface area contributed by atoms with E-state index in [0.717, 1.165) is 47.6 Å². The van der Waals surface area contributed by atoms with Gasteiger partial charge < -0.3 is 15.9 Å². The average molecular weight is 367 g/mol. The molecular weight excluding hydrogens is 336 g/mol. The van der Waals surface area contributed by atoms with E-state index >= 15 is 0 Å². The van der Waals surface area contributed by atoms with Crippen molar-refractivity contribution in [2.75, 3.05) is 0 Å². The lowest BCUT2D eigenvalue weighted by atomic mass is 9.77. The fourth-order valence-electron chi connectivity index (χ4n) is 4.09. The normalized spacial score (nSPS) is 24.2. The Kier molecular flexibility index (Phi) is 5.68. The minimum Gasteiger partial charge on any atom is -0.461 e. The number of nitrogens with zero attached hydrogens (tertiary/aromatic N) is 2. The molecule has 0 spiro atoms. The quantitative estimate of drug-likeness (QED) is 0.595. The highest BCUT2D eigenvalue weighted by atomic mass is 16.3. The Labute approximate surface area is 161 Å². The van der Waals surface area contributed by atoms with Gasteiger partial charge in [0.15, 0.2) is 0 Å². The van der Waals surface area contributed by atoms with Crippen LogP contribution in [0.25, 0.3) is 11.3 Å². The van der Waals surface area contributed by atoms with E-state index < -0.39 is 0 Å². The van der Waals surface area contributed by atoms with Gasteiger partial charge in [-0.1, -0.05) is 6.92 Å². The summed E-state index contributed by atoms with van der Waals surface area (Å²) < 4.78 is 6.28. The number of nitrogens with two attached hydrogens (primary N) is 2. The first-order valence-electron chi connectivity index (χ1n) is 9.65. The number of hydrogen-bond donors (Lipinski definition) is 2. The molecule has 0 amide bonds. The SMILES string of the molecule is CC(N)=Nc1ccc(-c2ccc(C3CC[C@H](N=C(C)N)CC3C)o2)c(C)c1. The van der Waals surface area contributed by atoms with Gasteiger partial charge in [-0.15, -0.1) is 0 Å². The van der Waals surface area contributed by atoms with Crippen molar-refractivity contribution < 1.29 is 4.42 Å². The molecule has 2 unspecified atom stereocenters. The molecule has 0 bridgehead atoms. The highest BCUT2D eigenvalue weighted by Gasteiger charge is 2.30.